The Hall–Kier alpha value is -2.27. The maximum absolute atomic E-state index is 13.3. The van der Waals surface area contributed by atoms with Crippen molar-refractivity contribution in [1.29, 1.82) is 0 Å². The lowest BCUT2D eigenvalue weighted by Crippen LogP contribution is -2.16. The Bertz CT molecular complexity index is 616. The fraction of sp³-hybridized carbons (Fsp3) is 0.133. The second-order valence-corrected chi connectivity index (χ2v) is 4.30. The number of hydrogen-bond acceptors (Lipinski definition) is 2. The standard InChI is InChI=1S/C15H13F2NO2/c16-11-5-3-4-10(8-11)14(19)9-15(20)18-13-7-2-1-6-12(13)17/h1-8,14,19H,9H2,(H,18,20). The summed E-state index contributed by atoms with van der Waals surface area (Å²) < 4.78 is 26.3. The van der Waals surface area contributed by atoms with Crippen LogP contribution in [0, 0.1) is 11.6 Å². The molecular weight excluding hydrogens is 264 g/mol. The molecule has 2 rings (SSSR count). The lowest BCUT2D eigenvalue weighted by molar-refractivity contribution is -0.118. The highest BCUT2D eigenvalue weighted by molar-refractivity contribution is 5.91. The molecular formula is C15H13F2NO2. The van der Waals surface area contributed by atoms with Crippen LogP contribution in [-0.4, -0.2) is 11.0 Å². The van der Waals surface area contributed by atoms with E-state index in [-0.39, 0.29) is 12.1 Å². The molecule has 0 heterocycles. The van der Waals surface area contributed by atoms with Gasteiger partial charge in [0.2, 0.25) is 5.91 Å². The summed E-state index contributed by atoms with van der Waals surface area (Å²) in [7, 11) is 0. The first-order valence-corrected chi connectivity index (χ1v) is 6.04. The van der Waals surface area contributed by atoms with Crippen LogP contribution in [0.1, 0.15) is 18.1 Å². The van der Waals surface area contributed by atoms with E-state index in [2.05, 4.69) is 5.32 Å². The van der Waals surface area contributed by atoms with E-state index in [1.165, 1.54) is 36.4 Å². The number of halogens is 2. The molecule has 0 aliphatic rings. The number of carbonyl (C=O) groups is 1. The molecule has 104 valence electrons. The fourth-order valence-electron chi connectivity index (χ4n) is 1.77. The van der Waals surface area contributed by atoms with E-state index in [0.29, 0.717) is 5.56 Å². The van der Waals surface area contributed by atoms with Crippen LogP contribution in [0.2, 0.25) is 0 Å². The Kier molecular flexibility index (Phi) is 4.42. The summed E-state index contributed by atoms with van der Waals surface area (Å²) in [4.78, 5) is 11.7. The number of hydrogen-bond donors (Lipinski definition) is 2. The molecule has 1 unspecified atom stereocenters. The summed E-state index contributed by atoms with van der Waals surface area (Å²) in [6, 6.07) is 11.1. The lowest BCUT2D eigenvalue weighted by Gasteiger charge is -2.11. The highest BCUT2D eigenvalue weighted by Crippen LogP contribution is 2.19. The molecule has 5 heteroatoms. The summed E-state index contributed by atoms with van der Waals surface area (Å²) in [5.74, 6) is -1.59. The molecule has 0 bridgehead atoms. The van der Waals surface area contributed by atoms with Crippen molar-refractivity contribution in [2.75, 3.05) is 5.32 Å². The number of benzene rings is 2. The molecule has 0 aromatic heterocycles. The average Bonchev–Trinajstić information content (AvgIpc) is 2.41. The quantitative estimate of drug-likeness (QED) is 0.902. The first-order chi connectivity index (χ1) is 9.56. The van der Waals surface area contributed by atoms with Gasteiger partial charge in [0.25, 0.3) is 0 Å². The molecule has 3 nitrogen and oxygen atoms in total. The van der Waals surface area contributed by atoms with Crippen LogP contribution in [0.5, 0.6) is 0 Å². The molecule has 20 heavy (non-hydrogen) atoms. The third-order valence-electron chi connectivity index (χ3n) is 2.76. The van der Waals surface area contributed by atoms with Crippen LogP contribution >= 0.6 is 0 Å². The Labute approximate surface area is 114 Å². The molecule has 1 amide bonds. The number of aliphatic hydroxyl groups excluding tert-OH is 1. The van der Waals surface area contributed by atoms with Gasteiger partial charge in [-0.1, -0.05) is 24.3 Å². The molecule has 1 atom stereocenters. The van der Waals surface area contributed by atoms with Gasteiger partial charge < -0.3 is 10.4 Å². The van der Waals surface area contributed by atoms with Gasteiger partial charge in [-0.3, -0.25) is 4.79 Å². The van der Waals surface area contributed by atoms with Gasteiger partial charge in [-0.25, -0.2) is 8.78 Å². The predicted molar refractivity (Wildman–Crippen MR) is 71.0 cm³/mol. The van der Waals surface area contributed by atoms with Crippen LogP contribution in [0.3, 0.4) is 0 Å². The first-order valence-electron chi connectivity index (χ1n) is 6.04. The molecule has 0 saturated carbocycles. The summed E-state index contributed by atoms with van der Waals surface area (Å²) in [6.45, 7) is 0. The van der Waals surface area contributed by atoms with Crippen molar-refractivity contribution in [1.82, 2.24) is 0 Å². The SMILES string of the molecule is O=C(CC(O)c1cccc(F)c1)Nc1ccccc1F. The molecule has 2 N–H and O–H groups in total. The summed E-state index contributed by atoms with van der Waals surface area (Å²) in [5.41, 5.74) is 0.345. The van der Waals surface area contributed by atoms with Crippen molar-refractivity contribution in [3.63, 3.8) is 0 Å². The van der Waals surface area contributed by atoms with Crippen molar-refractivity contribution in [3.05, 3.63) is 65.7 Å². The van der Waals surface area contributed by atoms with Crippen molar-refractivity contribution >= 4 is 11.6 Å². The number of carbonyl (C=O) groups excluding carboxylic acids is 1. The van der Waals surface area contributed by atoms with Crippen molar-refractivity contribution in [2.45, 2.75) is 12.5 Å². The highest BCUT2D eigenvalue weighted by atomic mass is 19.1. The number of rotatable bonds is 4. The molecule has 0 spiro atoms. The van der Waals surface area contributed by atoms with Crippen LogP contribution < -0.4 is 5.32 Å². The molecule has 0 radical (unpaired) electrons. The molecule has 2 aromatic rings. The van der Waals surface area contributed by atoms with E-state index in [1.807, 2.05) is 0 Å². The minimum Gasteiger partial charge on any atom is -0.388 e. The molecule has 0 fully saturated rings. The monoisotopic (exact) mass is 277 g/mol. The van der Waals surface area contributed by atoms with Gasteiger partial charge in [0, 0.05) is 0 Å². The molecule has 0 saturated heterocycles. The average molecular weight is 277 g/mol. The summed E-state index contributed by atoms with van der Waals surface area (Å²) in [6.07, 6.45) is -1.42. The van der Waals surface area contributed by atoms with Gasteiger partial charge in [0.15, 0.2) is 0 Å². The van der Waals surface area contributed by atoms with E-state index in [0.717, 1.165) is 6.07 Å². The van der Waals surface area contributed by atoms with Crippen molar-refractivity contribution in [3.8, 4) is 0 Å². The second-order valence-electron chi connectivity index (χ2n) is 4.30. The number of aliphatic hydroxyl groups is 1. The number of amides is 1. The van der Waals surface area contributed by atoms with Gasteiger partial charge in [-0.15, -0.1) is 0 Å². The smallest absolute Gasteiger partial charge is 0.227 e. The zero-order chi connectivity index (χ0) is 14.5. The number of anilines is 1. The predicted octanol–water partition coefficient (Wildman–Crippen LogP) is 3.03. The van der Waals surface area contributed by atoms with Gasteiger partial charge in [0.1, 0.15) is 11.6 Å². The largest absolute Gasteiger partial charge is 0.388 e. The van der Waals surface area contributed by atoms with E-state index in [4.69, 9.17) is 0 Å². The summed E-state index contributed by atoms with van der Waals surface area (Å²) >= 11 is 0. The van der Waals surface area contributed by atoms with Crippen LogP contribution in [0.25, 0.3) is 0 Å². The van der Waals surface area contributed by atoms with Crippen molar-refractivity contribution in [2.24, 2.45) is 0 Å². The third-order valence-corrected chi connectivity index (χ3v) is 2.76. The Morgan fingerprint density at radius 3 is 2.60 bits per heavy atom. The van der Waals surface area contributed by atoms with Gasteiger partial charge >= 0.3 is 0 Å². The topological polar surface area (TPSA) is 49.3 Å². The maximum atomic E-state index is 13.3. The zero-order valence-electron chi connectivity index (χ0n) is 10.5. The number of nitrogens with one attached hydrogen (secondary N) is 1. The minimum atomic E-state index is -1.14. The van der Waals surface area contributed by atoms with Crippen LogP contribution in [0.4, 0.5) is 14.5 Å². The molecule has 0 aliphatic heterocycles. The normalized spacial score (nSPS) is 11.9. The lowest BCUT2D eigenvalue weighted by atomic mass is 10.1. The maximum Gasteiger partial charge on any atom is 0.227 e. The van der Waals surface area contributed by atoms with E-state index in [1.54, 1.807) is 6.07 Å². The summed E-state index contributed by atoms with van der Waals surface area (Å²) in [5, 5.41) is 12.2. The third kappa shape index (κ3) is 3.61. The molecule has 2 aromatic carbocycles. The second kappa shape index (κ2) is 6.25. The Morgan fingerprint density at radius 1 is 1.15 bits per heavy atom. The van der Waals surface area contributed by atoms with Gasteiger partial charge in [-0.05, 0) is 29.8 Å². The highest BCUT2D eigenvalue weighted by Gasteiger charge is 2.14. The van der Waals surface area contributed by atoms with Crippen molar-refractivity contribution < 1.29 is 18.7 Å². The zero-order valence-corrected chi connectivity index (χ0v) is 10.5. The first kappa shape index (κ1) is 14.1. The molecule has 0 aliphatic carbocycles. The van der Waals surface area contributed by atoms with Gasteiger partial charge in [-0.2, -0.15) is 0 Å². The van der Waals surface area contributed by atoms with E-state index in [9.17, 15) is 18.7 Å². The minimum absolute atomic E-state index is 0.0453. The van der Waals surface area contributed by atoms with E-state index >= 15 is 0 Å². The van der Waals surface area contributed by atoms with Crippen LogP contribution in [0.15, 0.2) is 48.5 Å². The fourth-order valence-corrected chi connectivity index (χ4v) is 1.77. The Balaban J connectivity index is 2.00. The van der Waals surface area contributed by atoms with Gasteiger partial charge in [0.05, 0.1) is 18.2 Å². The van der Waals surface area contributed by atoms with E-state index < -0.39 is 23.6 Å². The van der Waals surface area contributed by atoms with Crippen LogP contribution in [-0.2, 0) is 4.79 Å². The number of para-hydroxylation sites is 1. The Morgan fingerprint density at radius 2 is 1.90 bits per heavy atom.